The maximum atomic E-state index is 13.1. The van der Waals surface area contributed by atoms with Gasteiger partial charge in [-0.3, -0.25) is 4.72 Å². The van der Waals surface area contributed by atoms with E-state index in [2.05, 4.69) is 0 Å². The SMILES string of the molecule is CCCS(=O)(=O)Nc1cc(OC)ccc1S(=O)(=O)F. The van der Waals surface area contributed by atoms with E-state index in [4.69, 9.17) is 4.74 Å². The minimum Gasteiger partial charge on any atom is -0.497 e. The van der Waals surface area contributed by atoms with E-state index in [1.807, 2.05) is 4.72 Å². The molecule has 0 radical (unpaired) electrons. The van der Waals surface area contributed by atoms with Gasteiger partial charge >= 0.3 is 10.2 Å². The highest BCUT2D eigenvalue weighted by atomic mass is 32.3. The van der Waals surface area contributed by atoms with Crippen molar-refractivity contribution < 1.29 is 25.5 Å². The molecule has 0 aliphatic rings. The van der Waals surface area contributed by atoms with E-state index in [-0.39, 0.29) is 17.2 Å². The zero-order valence-corrected chi connectivity index (χ0v) is 12.0. The zero-order valence-electron chi connectivity index (χ0n) is 10.4. The van der Waals surface area contributed by atoms with Crippen LogP contribution in [0.3, 0.4) is 0 Å². The fourth-order valence-corrected chi connectivity index (χ4v) is 3.23. The number of methoxy groups -OCH3 is 1. The molecule has 0 saturated carbocycles. The second-order valence-corrected chi connectivity index (χ2v) is 6.88. The van der Waals surface area contributed by atoms with Crippen LogP contribution in [-0.2, 0) is 20.2 Å². The van der Waals surface area contributed by atoms with Crippen LogP contribution >= 0.6 is 0 Å². The van der Waals surface area contributed by atoms with E-state index >= 15 is 0 Å². The molecule has 108 valence electrons. The Morgan fingerprint density at radius 3 is 2.37 bits per heavy atom. The summed E-state index contributed by atoms with van der Waals surface area (Å²) in [5.41, 5.74) is -0.365. The number of hydrogen-bond acceptors (Lipinski definition) is 5. The average molecular weight is 311 g/mol. The molecule has 0 bridgehead atoms. The van der Waals surface area contributed by atoms with Gasteiger partial charge in [-0.05, 0) is 18.6 Å². The highest BCUT2D eigenvalue weighted by Crippen LogP contribution is 2.28. The fraction of sp³-hybridized carbons (Fsp3) is 0.400. The summed E-state index contributed by atoms with van der Waals surface area (Å²) in [7, 11) is -7.43. The van der Waals surface area contributed by atoms with Crippen molar-refractivity contribution >= 4 is 25.9 Å². The summed E-state index contributed by atoms with van der Waals surface area (Å²) < 4.78 is 65.1. The Balaban J connectivity index is 3.31. The summed E-state index contributed by atoms with van der Waals surface area (Å²) in [6.45, 7) is 1.65. The van der Waals surface area contributed by atoms with Gasteiger partial charge in [-0.2, -0.15) is 8.42 Å². The number of benzene rings is 1. The van der Waals surface area contributed by atoms with Crippen molar-refractivity contribution in [1.29, 1.82) is 0 Å². The van der Waals surface area contributed by atoms with Crippen LogP contribution in [0.2, 0.25) is 0 Å². The molecule has 0 aliphatic heterocycles. The molecule has 1 aromatic rings. The molecule has 0 unspecified atom stereocenters. The summed E-state index contributed by atoms with van der Waals surface area (Å²) >= 11 is 0. The third-order valence-electron chi connectivity index (χ3n) is 2.19. The Labute approximate surface area is 111 Å². The van der Waals surface area contributed by atoms with Gasteiger partial charge in [-0.15, -0.1) is 3.89 Å². The first-order valence-electron chi connectivity index (χ1n) is 5.33. The molecule has 0 aliphatic carbocycles. The lowest BCUT2D eigenvalue weighted by Crippen LogP contribution is -2.17. The lowest BCUT2D eigenvalue weighted by molar-refractivity contribution is 0.414. The molecular weight excluding hydrogens is 297 g/mol. The summed E-state index contributed by atoms with van der Waals surface area (Å²) in [4.78, 5) is -0.743. The average Bonchev–Trinajstić information content (AvgIpc) is 2.26. The minimum absolute atomic E-state index is 0.198. The molecule has 0 amide bonds. The van der Waals surface area contributed by atoms with Gasteiger partial charge in [0.25, 0.3) is 0 Å². The number of rotatable bonds is 6. The van der Waals surface area contributed by atoms with Gasteiger partial charge in [-0.25, -0.2) is 8.42 Å². The van der Waals surface area contributed by atoms with Gasteiger partial charge in [0, 0.05) is 6.07 Å². The molecule has 9 heteroatoms. The van der Waals surface area contributed by atoms with Crippen LogP contribution in [0.15, 0.2) is 23.1 Å². The molecule has 1 rings (SSSR count). The highest BCUT2D eigenvalue weighted by molar-refractivity contribution is 7.92. The molecule has 6 nitrogen and oxygen atoms in total. The number of ether oxygens (including phenoxy) is 1. The maximum absolute atomic E-state index is 13.1. The van der Waals surface area contributed by atoms with Crippen molar-refractivity contribution in [2.24, 2.45) is 0 Å². The smallest absolute Gasteiger partial charge is 0.334 e. The Bertz CT molecular complexity index is 654. The molecule has 0 aromatic heterocycles. The van der Waals surface area contributed by atoms with Crippen molar-refractivity contribution in [3.8, 4) is 5.75 Å². The predicted molar refractivity (Wildman–Crippen MR) is 69.0 cm³/mol. The van der Waals surface area contributed by atoms with E-state index in [1.54, 1.807) is 6.92 Å². The summed E-state index contributed by atoms with van der Waals surface area (Å²) in [6, 6.07) is 3.28. The van der Waals surface area contributed by atoms with Crippen LogP contribution in [-0.4, -0.2) is 29.7 Å². The molecule has 0 fully saturated rings. The Kier molecular flexibility index (Phi) is 4.75. The van der Waals surface area contributed by atoms with Crippen LogP contribution in [0, 0.1) is 0 Å². The van der Waals surface area contributed by atoms with Gasteiger partial charge in [0.1, 0.15) is 10.6 Å². The van der Waals surface area contributed by atoms with Gasteiger partial charge in [0.05, 0.1) is 18.6 Å². The normalized spacial score (nSPS) is 12.2. The number of hydrogen-bond donors (Lipinski definition) is 1. The van der Waals surface area contributed by atoms with Gasteiger partial charge in [0.2, 0.25) is 10.0 Å². The number of nitrogens with one attached hydrogen (secondary N) is 1. The predicted octanol–water partition coefficient (Wildman–Crippen LogP) is 1.51. The van der Waals surface area contributed by atoms with Crippen LogP contribution in [0.1, 0.15) is 13.3 Å². The molecule has 0 atom stereocenters. The summed E-state index contributed by atoms with van der Waals surface area (Å²) in [5.74, 6) is 0.0114. The monoisotopic (exact) mass is 311 g/mol. The van der Waals surface area contributed by atoms with Gasteiger partial charge in [0.15, 0.2) is 0 Å². The topological polar surface area (TPSA) is 89.5 Å². The van der Waals surface area contributed by atoms with Crippen molar-refractivity contribution in [3.05, 3.63) is 18.2 Å². The van der Waals surface area contributed by atoms with Crippen molar-refractivity contribution in [3.63, 3.8) is 0 Å². The van der Waals surface area contributed by atoms with Crippen molar-refractivity contribution in [2.45, 2.75) is 18.2 Å². The molecule has 19 heavy (non-hydrogen) atoms. The third-order valence-corrected chi connectivity index (χ3v) is 4.55. The maximum Gasteiger partial charge on any atom is 0.334 e. The zero-order chi connectivity index (χ0) is 14.7. The fourth-order valence-electron chi connectivity index (χ4n) is 1.42. The molecule has 1 N–H and O–H groups in total. The molecule has 0 spiro atoms. The van der Waals surface area contributed by atoms with E-state index in [0.29, 0.717) is 6.42 Å². The quantitative estimate of drug-likeness (QED) is 0.804. The summed E-state index contributed by atoms with van der Waals surface area (Å²) in [6.07, 6.45) is 0.344. The second-order valence-electron chi connectivity index (χ2n) is 3.72. The first kappa shape index (κ1) is 15.7. The highest BCUT2D eigenvalue weighted by Gasteiger charge is 2.21. The minimum atomic E-state index is -5.03. The Morgan fingerprint density at radius 2 is 1.89 bits per heavy atom. The van der Waals surface area contributed by atoms with Gasteiger partial charge in [-0.1, -0.05) is 6.92 Å². The van der Waals surface area contributed by atoms with E-state index in [1.165, 1.54) is 13.2 Å². The molecule has 1 aromatic carbocycles. The van der Waals surface area contributed by atoms with Gasteiger partial charge < -0.3 is 4.74 Å². The Morgan fingerprint density at radius 1 is 1.26 bits per heavy atom. The van der Waals surface area contributed by atoms with Crippen LogP contribution in [0.4, 0.5) is 9.57 Å². The molecular formula is C10H14FNO5S2. The van der Waals surface area contributed by atoms with E-state index in [9.17, 15) is 20.7 Å². The van der Waals surface area contributed by atoms with E-state index in [0.717, 1.165) is 12.1 Å². The first-order chi connectivity index (χ1) is 8.69. The first-order valence-corrected chi connectivity index (χ1v) is 8.36. The lowest BCUT2D eigenvalue weighted by atomic mass is 10.3. The Hall–Kier alpha value is -1.35. The van der Waals surface area contributed by atoms with Crippen molar-refractivity contribution in [2.75, 3.05) is 17.6 Å². The third kappa shape index (κ3) is 4.35. The lowest BCUT2D eigenvalue weighted by Gasteiger charge is -2.11. The number of sulfonamides is 1. The van der Waals surface area contributed by atoms with Crippen molar-refractivity contribution in [1.82, 2.24) is 0 Å². The standard InChI is InChI=1S/C10H14FNO5S2/c1-3-6-18(13,14)12-9-7-8(17-2)4-5-10(9)19(11,15)16/h4-5,7,12H,3,6H2,1-2H3. The van der Waals surface area contributed by atoms with Crippen LogP contribution in [0.25, 0.3) is 0 Å². The molecule has 0 saturated heterocycles. The van der Waals surface area contributed by atoms with Crippen LogP contribution in [0.5, 0.6) is 5.75 Å². The number of halogens is 1. The molecule has 0 heterocycles. The van der Waals surface area contributed by atoms with Crippen LogP contribution < -0.4 is 9.46 Å². The summed E-state index contributed by atoms with van der Waals surface area (Å²) in [5, 5.41) is 0. The largest absolute Gasteiger partial charge is 0.497 e. The van der Waals surface area contributed by atoms with E-state index < -0.39 is 25.1 Å². The second kappa shape index (κ2) is 5.74. The number of anilines is 1.